The van der Waals surface area contributed by atoms with Gasteiger partial charge in [-0.2, -0.15) is 0 Å². The van der Waals surface area contributed by atoms with E-state index in [0.29, 0.717) is 31.0 Å². The molecule has 2 aliphatic heterocycles. The first-order valence-corrected chi connectivity index (χ1v) is 11.9. The summed E-state index contributed by atoms with van der Waals surface area (Å²) in [4.78, 5) is 46.5. The SMILES string of the molecule is O=C1COc2ccc(N3C(=O)O[C@@H]4C[C@@H](NCCn5c(=O)cnc6cc(F)c(F)cc65)CC[C@@H]43)nc2N1. The maximum Gasteiger partial charge on any atom is 0.416 e. The van der Waals surface area contributed by atoms with E-state index in [1.807, 2.05) is 0 Å². The lowest BCUT2D eigenvalue weighted by Gasteiger charge is -2.33. The minimum absolute atomic E-state index is 0.0242. The van der Waals surface area contributed by atoms with Gasteiger partial charge in [0, 0.05) is 37.7 Å². The molecule has 2 fully saturated rings. The molecule has 6 rings (SSSR count). The Balaban J connectivity index is 1.11. The first-order chi connectivity index (χ1) is 17.9. The molecule has 2 N–H and O–H groups in total. The van der Waals surface area contributed by atoms with Crippen LogP contribution in [0.5, 0.6) is 5.75 Å². The van der Waals surface area contributed by atoms with Gasteiger partial charge in [0.2, 0.25) is 0 Å². The molecular weight excluding hydrogens is 490 g/mol. The number of nitrogens with one attached hydrogen (secondary N) is 2. The van der Waals surface area contributed by atoms with E-state index < -0.39 is 23.3 Å². The zero-order chi connectivity index (χ0) is 25.7. The number of aromatic nitrogens is 3. The van der Waals surface area contributed by atoms with Crippen molar-refractivity contribution >= 4 is 34.7 Å². The third-order valence-electron chi connectivity index (χ3n) is 6.90. The second-order valence-electron chi connectivity index (χ2n) is 9.18. The zero-order valence-electron chi connectivity index (χ0n) is 19.4. The van der Waals surface area contributed by atoms with Crippen LogP contribution in [-0.4, -0.2) is 57.9 Å². The van der Waals surface area contributed by atoms with Gasteiger partial charge in [0.25, 0.3) is 11.5 Å². The number of carbonyl (C=O) groups excluding carboxylic acids is 2. The number of carbonyl (C=O) groups is 2. The van der Waals surface area contributed by atoms with E-state index in [9.17, 15) is 23.2 Å². The molecule has 1 aromatic carbocycles. The van der Waals surface area contributed by atoms with E-state index in [1.54, 1.807) is 12.1 Å². The van der Waals surface area contributed by atoms with Crippen molar-refractivity contribution in [2.45, 2.75) is 44.0 Å². The standard InChI is InChI=1S/C24H22F2N6O5/c25-13-8-15-17(9-14(13)26)31(22(34)10-28-15)6-5-27-12-1-2-16-19(7-12)37-24(35)32(16)20-4-3-18-23(29-20)30-21(33)11-36-18/h3-4,8-10,12,16,19,27H,1-2,5-7,11H2,(H,29,30,33)/t12-,16-,19+/m0/s1. The number of amides is 2. The Morgan fingerprint density at radius 1 is 1.14 bits per heavy atom. The average Bonchev–Trinajstić information content (AvgIpc) is 3.21. The van der Waals surface area contributed by atoms with E-state index in [2.05, 4.69) is 20.6 Å². The number of benzene rings is 1. The van der Waals surface area contributed by atoms with E-state index >= 15 is 0 Å². The maximum absolute atomic E-state index is 13.8. The highest BCUT2D eigenvalue weighted by molar-refractivity contribution is 5.95. The van der Waals surface area contributed by atoms with Crippen molar-refractivity contribution in [2.75, 3.05) is 23.4 Å². The smallest absolute Gasteiger partial charge is 0.416 e. The summed E-state index contributed by atoms with van der Waals surface area (Å²) in [5, 5.41) is 6.02. The summed E-state index contributed by atoms with van der Waals surface area (Å²) in [6.45, 7) is 0.538. The van der Waals surface area contributed by atoms with Gasteiger partial charge < -0.3 is 24.7 Å². The topological polar surface area (TPSA) is 128 Å². The molecule has 13 heteroatoms. The summed E-state index contributed by atoms with van der Waals surface area (Å²) in [5.41, 5.74) is -0.00110. The number of fused-ring (bicyclic) bond motifs is 3. The molecular formula is C24H22F2N6O5. The molecule has 0 spiro atoms. The van der Waals surface area contributed by atoms with Crippen LogP contribution in [0.25, 0.3) is 11.0 Å². The minimum Gasteiger partial charge on any atom is -0.480 e. The van der Waals surface area contributed by atoms with E-state index in [-0.39, 0.29) is 54.1 Å². The zero-order valence-corrected chi connectivity index (χ0v) is 19.4. The molecule has 1 aliphatic carbocycles. The van der Waals surface area contributed by atoms with Crippen molar-refractivity contribution in [3.63, 3.8) is 0 Å². The fraction of sp³-hybridized carbons (Fsp3) is 0.375. The molecule has 2 amide bonds. The summed E-state index contributed by atoms with van der Waals surface area (Å²) in [5.74, 6) is -1.30. The second-order valence-corrected chi connectivity index (χ2v) is 9.18. The molecule has 1 saturated heterocycles. The number of nitrogens with zero attached hydrogens (tertiary/aromatic N) is 4. The van der Waals surface area contributed by atoms with Crippen LogP contribution in [0.4, 0.5) is 25.2 Å². The lowest BCUT2D eigenvalue weighted by atomic mass is 9.88. The molecule has 192 valence electrons. The predicted molar refractivity (Wildman–Crippen MR) is 126 cm³/mol. The van der Waals surface area contributed by atoms with Gasteiger partial charge in [-0.1, -0.05) is 0 Å². The van der Waals surface area contributed by atoms with Crippen LogP contribution in [0, 0.1) is 11.6 Å². The Labute approximate surface area is 208 Å². The Kier molecular flexibility index (Phi) is 5.71. The molecule has 2 aromatic heterocycles. The highest BCUT2D eigenvalue weighted by atomic mass is 19.2. The number of hydrogen-bond acceptors (Lipinski definition) is 8. The fourth-order valence-corrected chi connectivity index (χ4v) is 5.16. The summed E-state index contributed by atoms with van der Waals surface area (Å²) < 4.78 is 39.7. The van der Waals surface area contributed by atoms with E-state index in [4.69, 9.17) is 9.47 Å². The van der Waals surface area contributed by atoms with Crippen LogP contribution in [0.2, 0.25) is 0 Å². The number of ether oxygens (including phenoxy) is 2. The third-order valence-corrected chi connectivity index (χ3v) is 6.90. The van der Waals surface area contributed by atoms with Crippen LogP contribution >= 0.6 is 0 Å². The van der Waals surface area contributed by atoms with Crippen LogP contribution in [0.3, 0.4) is 0 Å². The summed E-state index contributed by atoms with van der Waals surface area (Å²) in [6.07, 6.45) is 2.18. The molecule has 37 heavy (non-hydrogen) atoms. The number of hydrogen-bond donors (Lipinski definition) is 2. The Bertz CT molecular complexity index is 1480. The highest BCUT2D eigenvalue weighted by Crippen LogP contribution is 2.37. The molecule has 11 nitrogen and oxygen atoms in total. The first-order valence-electron chi connectivity index (χ1n) is 11.9. The molecule has 1 saturated carbocycles. The van der Waals surface area contributed by atoms with Crippen molar-refractivity contribution in [1.82, 2.24) is 19.9 Å². The van der Waals surface area contributed by atoms with Crippen LogP contribution < -0.4 is 25.8 Å². The molecule has 3 aromatic rings. The van der Waals surface area contributed by atoms with Crippen molar-refractivity contribution in [3.05, 3.63) is 52.5 Å². The van der Waals surface area contributed by atoms with Gasteiger partial charge in [-0.25, -0.2) is 23.5 Å². The van der Waals surface area contributed by atoms with E-state index in [0.717, 1.165) is 24.8 Å². The van der Waals surface area contributed by atoms with Crippen molar-refractivity contribution < 1.29 is 27.8 Å². The fourth-order valence-electron chi connectivity index (χ4n) is 5.16. The van der Waals surface area contributed by atoms with Gasteiger partial charge in [0.15, 0.2) is 29.8 Å². The largest absolute Gasteiger partial charge is 0.480 e. The molecule has 0 radical (unpaired) electrons. The molecule has 3 aliphatic rings. The quantitative estimate of drug-likeness (QED) is 0.531. The lowest BCUT2D eigenvalue weighted by Crippen LogP contribution is -2.46. The average molecular weight is 512 g/mol. The van der Waals surface area contributed by atoms with Gasteiger partial charge >= 0.3 is 6.09 Å². The number of halogens is 2. The van der Waals surface area contributed by atoms with Crippen molar-refractivity contribution in [3.8, 4) is 5.75 Å². The van der Waals surface area contributed by atoms with Gasteiger partial charge in [-0.3, -0.25) is 14.5 Å². The number of rotatable bonds is 5. The van der Waals surface area contributed by atoms with Gasteiger partial charge in [-0.05, 0) is 25.0 Å². The van der Waals surface area contributed by atoms with Gasteiger partial charge in [0.1, 0.15) is 11.9 Å². The summed E-state index contributed by atoms with van der Waals surface area (Å²) in [7, 11) is 0. The van der Waals surface area contributed by atoms with Crippen LogP contribution in [-0.2, 0) is 16.1 Å². The lowest BCUT2D eigenvalue weighted by molar-refractivity contribution is -0.118. The predicted octanol–water partition coefficient (Wildman–Crippen LogP) is 1.94. The summed E-state index contributed by atoms with van der Waals surface area (Å²) >= 11 is 0. The Hall–Kier alpha value is -4.13. The Morgan fingerprint density at radius 3 is 2.84 bits per heavy atom. The number of anilines is 2. The van der Waals surface area contributed by atoms with Crippen molar-refractivity contribution in [1.29, 1.82) is 0 Å². The van der Waals surface area contributed by atoms with Gasteiger partial charge in [-0.15, -0.1) is 0 Å². The minimum atomic E-state index is -1.05. The van der Waals surface area contributed by atoms with Crippen LogP contribution in [0.15, 0.2) is 35.3 Å². The monoisotopic (exact) mass is 512 g/mol. The highest BCUT2D eigenvalue weighted by Gasteiger charge is 2.46. The molecule has 0 bridgehead atoms. The second kappa shape index (κ2) is 9.07. The first kappa shape index (κ1) is 23.3. The normalized spacial score (nSPS) is 22.8. The van der Waals surface area contributed by atoms with Crippen LogP contribution in [0.1, 0.15) is 19.3 Å². The summed E-state index contributed by atoms with van der Waals surface area (Å²) in [6, 6.07) is 5.08. The number of pyridine rings is 1. The molecule has 3 atom stereocenters. The maximum atomic E-state index is 13.8. The van der Waals surface area contributed by atoms with Crippen molar-refractivity contribution in [2.24, 2.45) is 0 Å². The Morgan fingerprint density at radius 2 is 1.97 bits per heavy atom. The van der Waals surface area contributed by atoms with Gasteiger partial charge in [0.05, 0.1) is 23.3 Å². The van der Waals surface area contributed by atoms with E-state index in [1.165, 1.54) is 9.47 Å². The molecule has 0 unspecified atom stereocenters. The third kappa shape index (κ3) is 4.24. The molecule has 4 heterocycles.